The number of fused-ring (bicyclic) bond motifs is 4. The fourth-order valence-corrected chi connectivity index (χ4v) is 4.58. The lowest BCUT2D eigenvalue weighted by atomic mass is 9.94. The van der Waals surface area contributed by atoms with Crippen LogP contribution in [-0.4, -0.2) is 44.7 Å². The molecule has 2 aromatic carbocycles. The van der Waals surface area contributed by atoms with Crippen LogP contribution in [0.25, 0.3) is 0 Å². The van der Waals surface area contributed by atoms with Crippen LogP contribution in [0.4, 0.5) is 11.4 Å². The normalized spacial score (nSPS) is 20.6. The molecule has 6 rings (SSSR count). The predicted octanol–water partition coefficient (Wildman–Crippen LogP) is 5.24. The molecular weight excluding hydrogens is 438 g/mol. The van der Waals surface area contributed by atoms with Crippen LogP contribution in [0.2, 0.25) is 0 Å². The highest BCUT2D eigenvalue weighted by atomic mass is 16.5. The van der Waals surface area contributed by atoms with Crippen molar-refractivity contribution in [1.82, 2.24) is 5.32 Å². The number of piperidine rings is 1. The minimum Gasteiger partial charge on any atom is -0.494 e. The number of allylic oxidation sites excluding steroid dienone is 2. The van der Waals surface area contributed by atoms with Gasteiger partial charge in [0, 0.05) is 36.9 Å². The third-order valence-corrected chi connectivity index (χ3v) is 6.38. The molecule has 35 heavy (non-hydrogen) atoms. The molecule has 2 bridgehead atoms. The van der Waals surface area contributed by atoms with Gasteiger partial charge in [-0.05, 0) is 107 Å². The van der Waals surface area contributed by atoms with Gasteiger partial charge in [0.15, 0.2) is 5.78 Å². The number of hydrogen-bond acceptors (Lipinski definition) is 6. The van der Waals surface area contributed by atoms with Crippen molar-refractivity contribution < 1.29 is 14.3 Å². The highest BCUT2D eigenvalue weighted by molar-refractivity contribution is 5.90. The predicted molar refractivity (Wildman–Crippen MR) is 144 cm³/mol. The molecule has 4 aliphatic rings. The molecule has 0 unspecified atom stereocenters. The maximum absolute atomic E-state index is 10.4. The van der Waals surface area contributed by atoms with Crippen LogP contribution >= 0.6 is 0 Å². The van der Waals surface area contributed by atoms with Gasteiger partial charge in [-0.2, -0.15) is 0 Å². The second kappa shape index (κ2) is 14.4. The third kappa shape index (κ3) is 8.95. The fourth-order valence-electron chi connectivity index (χ4n) is 4.58. The highest BCUT2D eigenvalue weighted by Crippen LogP contribution is 2.30. The summed E-state index contributed by atoms with van der Waals surface area (Å²) in [5, 5.41) is 3.57. The number of benzene rings is 2. The summed E-state index contributed by atoms with van der Waals surface area (Å²) in [6.07, 6.45) is 9.21. The quantitative estimate of drug-likeness (QED) is 0.572. The summed E-state index contributed by atoms with van der Waals surface area (Å²) in [5.74, 6) is 2.94. The maximum atomic E-state index is 10.4. The number of ketones is 1. The van der Waals surface area contributed by atoms with E-state index in [4.69, 9.17) is 15.2 Å². The first kappa shape index (κ1) is 26.6. The van der Waals surface area contributed by atoms with Crippen molar-refractivity contribution in [3.05, 3.63) is 60.7 Å². The van der Waals surface area contributed by atoms with Crippen LogP contribution in [-0.2, 0) is 4.79 Å². The first-order chi connectivity index (χ1) is 17.1. The molecule has 2 atom stereocenters. The molecule has 3 fully saturated rings. The molecule has 6 heteroatoms. The van der Waals surface area contributed by atoms with Crippen molar-refractivity contribution in [2.45, 2.75) is 52.0 Å². The number of rotatable bonds is 5. The van der Waals surface area contributed by atoms with Gasteiger partial charge >= 0.3 is 0 Å². The van der Waals surface area contributed by atoms with Crippen molar-refractivity contribution in [2.24, 2.45) is 5.92 Å². The van der Waals surface area contributed by atoms with Crippen molar-refractivity contribution in [2.75, 3.05) is 43.5 Å². The van der Waals surface area contributed by atoms with Gasteiger partial charge in [-0.1, -0.05) is 6.08 Å². The average molecular weight is 480 g/mol. The summed E-state index contributed by atoms with van der Waals surface area (Å²) < 4.78 is 10.7. The van der Waals surface area contributed by atoms with E-state index < -0.39 is 0 Å². The number of carbonyl (C=O) groups is 1. The van der Waals surface area contributed by atoms with E-state index in [0.29, 0.717) is 12.6 Å². The van der Waals surface area contributed by atoms with Crippen LogP contribution in [0.5, 0.6) is 11.5 Å². The molecule has 0 amide bonds. The lowest BCUT2D eigenvalue weighted by molar-refractivity contribution is -0.114. The summed E-state index contributed by atoms with van der Waals surface area (Å²) in [6.45, 7) is 8.92. The molecule has 0 radical (unpaired) electrons. The SMILES string of the molecule is CCOc1ccc(N)cc1.CCOc1ccc(N2C[C@@H]3CC[C@H]2CNC3)cc1.O=C1C=CCCC1. The molecule has 3 aliphatic heterocycles. The van der Waals surface area contributed by atoms with Crippen LogP contribution in [0.15, 0.2) is 60.7 Å². The molecule has 3 N–H and O–H groups in total. The molecule has 1 aliphatic carbocycles. The topological polar surface area (TPSA) is 76.8 Å². The van der Waals surface area contributed by atoms with Crippen molar-refractivity contribution in [3.63, 3.8) is 0 Å². The Labute approximate surface area is 210 Å². The molecule has 0 aromatic heterocycles. The van der Waals surface area contributed by atoms with E-state index in [2.05, 4.69) is 34.5 Å². The van der Waals surface area contributed by atoms with E-state index in [-0.39, 0.29) is 5.78 Å². The van der Waals surface area contributed by atoms with Crippen LogP contribution in [0.1, 0.15) is 46.0 Å². The number of hydrogen-bond donors (Lipinski definition) is 2. The Bertz CT molecular complexity index is 908. The largest absolute Gasteiger partial charge is 0.494 e. The maximum Gasteiger partial charge on any atom is 0.155 e. The number of nitrogen functional groups attached to an aromatic ring is 1. The van der Waals surface area contributed by atoms with Gasteiger partial charge in [-0.15, -0.1) is 0 Å². The van der Waals surface area contributed by atoms with E-state index in [1.54, 1.807) is 6.08 Å². The molecule has 3 heterocycles. The zero-order chi connectivity index (χ0) is 24.9. The first-order valence-electron chi connectivity index (χ1n) is 13.0. The molecule has 3 saturated heterocycles. The number of nitrogens with one attached hydrogen (secondary N) is 1. The van der Waals surface area contributed by atoms with E-state index in [9.17, 15) is 4.79 Å². The lowest BCUT2D eigenvalue weighted by Gasteiger charge is -2.38. The van der Waals surface area contributed by atoms with Gasteiger partial charge in [-0.25, -0.2) is 0 Å². The van der Waals surface area contributed by atoms with E-state index >= 15 is 0 Å². The Morgan fingerprint density at radius 3 is 2.14 bits per heavy atom. The minimum atomic E-state index is 0.284. The smallest absolute Gasteiger partial charge is 0.155 e. The Balaban J connectivity index is 0.000000169. The van der Waals surface area contributed by atoms with E-state index in [1.165, 1.54) is 31.6 Å². The van der Waals surface area contributed by atoms with Crippen molar-refractivity contribution >= 4 is 17.2 Å². The van der Waals surface area contributed by atoms with Gasteiger partial charge < -0.3 is 25.4 Å². The zero-order valence-electron chi connectivity index (χ0n) is 21.2. The van der Waals surface area contributed by atoms with Gasteiger partial charge in [0.2, 0.25) is 0 Å². The molecule has 0 spiro atoms. The van der Waals surface area contributed by atoms with Crippen LogP contribution in [0.3, 0.4) is 0 Å². The number of ether oxygens (including phenoxy) is 2. The van der Waals surface area contributed by atoms with Crippen LogP contribution in [0, 0.1) is 5.92 Å². The summed E-state index contributed by atoms with van der Waals surface area (Å²) in [7, 11) is 0. The Hall–Kier alpha value is -2.99. The van der Waals surface area contributed by atoms with Crippen molar-refractivity contribution in [1.29, 1.82) is 0 Å². The fraction of sp³-hybridized carbons (Fsp3) is 0.483. The standard InChI is InChI=1S/C15H22N2O.C8H11NO.C6H8O/c1-2-18-15-7-5-13(6-8-15)17-11-12-3-4-14(17)10-16-9-12;1-2-10-8-5-3-7(9)4-6-8;7-6-4-2-1-3-5-6/h5-8,12,14,16H,2-4,9-11H2,1H3;3-6H,2,9H2,1H3;2,4H,1,3,5H2/t12-,14+;;/m1../s1. The third-order valence-electron chi connectivity index (χ3n) is 6.38. The summed E-state index contributed by atoms with van der Waals surface area (Å²) in [5.41, 5.74) is 7.58. The number of carbonyl (C=O) groups excluding carboxylic acids is 1. The number of nitrogens with two attached hydrogens (primary N) is 1. The van der Waals surface area contributed by atoms with Gasteiger partial charge in [0.1, 0.15) is 11.5 Å². The van der Waals surface area contributed by atoms with E-state index in [0.717, 1.165) is 55.5 Å². The monoisotopic (exact) mass is 479 g/mol. The zero-order valence-corrected chi connectivity index (χ0v) is 21.2. The summed E-state index contributed by atoms with van der Waals surface area (Å²) in [6, 6.07) is 16.6. The Morgan fingerprint density at radius 1 is 0.943 bits per heavy atom. The van der Waals surface area contributed by atoms with Crippen LogP contribution < -0.4 is 25.4 Å². The Morgan fingerprint density at radius 2 is 1.60 bits per heavy atom. The Kier molecular flexibility index (Phi) is 11.0. The van der Waals surface area contributed by atoms with Gasteiger partial charge in [-0.3, -0.25) is 4.79 Å². The van der Waals surface area contributed by atoms with Gasteiger partial charge in [0.05, 0.1) is 13.2 Å². The molecule has 6 nitrogen and oxygen atoms in total. The average Bonchev–Trinajstić information content (AvgIpc) is 3.24. The molecular formula is C29H41N3O3. The first-order valence-corrected chi connectivity index (χ1v) is 13.0. The summed E-state index contributed by atoms with van der Waals surface area (Å²) in [4.78, 5) is 12.9. The minimum absolute atomic E-state index is 0.284. The second-order valence-electron chi connectivity index (χ2n) is 9.10. The second-order valence-corrected chi connectivity index (χ2v) is 9.10. The van der Waals surface area contributed by atoms with Gasteiger partial charge in [0.25, 0.3) is 0 Å². The molecule has 190 valence electrons. The number of nitrogens with zero attached hydrogens (tertiary/aromatic N) is 1. The molecule has 2 aromatic rings. The summed E-state index contributed by atoms with van der Waals surface area (Å²) >= 11 is 0. The highest BCUT2D eigenvalue weighted by Gasteiger charge is 2.31. The lowest BCUT2D eigenvalue weighted by Crippen LogP contribution is -2.43. The van der Waals surface area contributed by atoms with E-state index in [1.807, 2.05) is 44.2 Å². The molecule has 0 saturated carbocycles. The number of anilines is 2. The van der Waals surface area contributed by atoms with Crippen molar-refractivity contribution in [3.8, 4) is 11.5 Å².